The Hall–Kier alpha value is -2.80. The first-order chi connectivity index (χ1) is 11.7. The SMILES string of the molecule is COc1ccccc1Nc1ncnc(Oc2ccc(Br)cc2)c1N. The minimum Gasteiger partial charge on any atom is -0.495 e. The Labute approximate surface area is 147 Å². The van der Waals surface area contributed by atoms with Crippen LogP contribution in [0.15, 0.2) is 59.3 Å². The van der Waals surface area contributed by atoms with Gasteiger partial charge in [-0.15, -0.1) is 0 Å². The third-order valence-corrected chi connectivity index (χ3v) is 3.76. The van der Waals surface area contributed by atoms with Crippen molar-refractivity contribution in [1.82, 2.24) is 9.97 Å². The van der Waals surface area contributed by atoms with Crippen LogP contribution in [0.2, 0.25) is 0 Å². The van der Waals surface area contributed by atoms with Crippen LogP contribution in [-0.4, -0.2) is 17.1 Å². The number of methoxy groups -OCH3 is 1. The summed E-state index contributed by atoms with van der Waals surface area (Å²) in [4.78, 5) is 8.27. The van der Waals surface area contributed by atoms with Crippen LogP contribution in [0.4, 0.5) is 17.2 Å². The van der Waals surface area contributed by atoms with Crippen LogP contribution in [0.3, 0.4) is 0 Å². The number of nitrogens with two attached hydrogens (primary N) is 1. The van der Waals surface area contributed by atoms with Gasteiger partial charge in [-0.05, 0) is 36.4 Å². The molecule has 0 bridgehead atoms. The lowest BCUT2D eigenvalue weighted by molar-refractivity contribution is 0.417. The Kier molecular flexibility index (Phi) is 4.81. The van der Waals surface area contributed by atoms with Crippen LogP contribution < -0.4 is 20.5 Å². The molecule has 0 atom stereocenters. The summed E-state index contributed by atoms with van der Waals surface area (Å²) >= 11 is 3.38. The molecule has 3 rings (SSSR count). The smallest absolute Gasteiger partial charge is 0.248 e. The predicted molar refractivity (Wildman–Crippen MR) is 96.9 cm³/mol. The summed E-state index contributed by atoms with van der Waals surface area (Å²) in [5.41, 5.74) is 7.20. The number of benzene rings is 2. The quantitative estimate of drug-likeness (QED) is 0.677. The van der Waals surface area contributed by atoms with Crippen molar-refractivity contribution in [3.63, 3.8) is 0 Å². The molecule has 1 heterocycles. The van der Waals surface area contributed by atoms with E-state index >= 15 is 0 Å². The molecule has 3 aromatic rings. The number of rotatable bonds is 5. The fraction of sp³-hybridized carbons (Fsp3) is 0.0588. The van der Waals surface area contributed by atoms with Gasteiger partial charge in [-0.3, -0.25) is 0 Å². The topological polar surface area (TPSA) is 82.3 Å². The minimum atomic E-state index is 0.282. The first-order valence-corrected chi connectivity index (χ1v) is 7.90. The molecule has 0 saturated carbocycles. The zero-order valence-electron chi connectivity index (χ0n) is 12.9. The predicted octanol–water partition coefficient (Wildman–Crippen LogP) is 4.37. The minimum absolute atomic E-state index is 0.282. The average molecular weight is 387 g/mol. The highest BCUT2D eigenvalue weighted by Gasteiger charge is 2.12. The second kappa shape index (κ2) is 7.18. The molecular formula is C17H15BrN4O2. The summed E-state index contributed by atoms with van der Waals surface area (Å²) < 4.78 is 12.0. The zero-order chi connectivity index (χ0) is 16.9. The summed E-state index contributed by atoms with van der Waals surface area (Å²) in [7, 11) is 1.60. The van der Waals surface area contributed by atoms with Crippen molar-refractivity contribution in [2.24, 2.45) is 0 Å². The largest absolute Gasteiger partial charge is 0.495 e. The summed E-state index contributed by atoms with van der Waals surface area (Å²) in [6.07, 6.45) is 1.39. The number of ether oxygens (including phenoxy) is 2. The fourth-order valence-electron chi connectivity index (χ4n) is 2.05. The van der Waals surface area contributed by atoms with Gasteiger partial charge in [0.05, 0.1) is 12.8 Å². The number of anilines is 3. The molecule has 0 aliphatic carbocycles. The highest BCUT2D eigenvalue weighted by molar-refractivity contribution is 9.10. The molecule has 1 aromatic heterocycles. The van der Waals surface area contributed by atoms with Gasteiger partial charge >= 0.3 is 0 Å². The number of nitrogens with zero attached hydrogens (tertiary/aromatic N) is 2. The van der Waals surface area contributed by atoms with E-state index in [2.05, 4.69) is 31.2 Å². The summed E-state index contributed by atoms with van der Waals surface area (Å²) in [5.74, 6) is 2.05. The summed E-state index contributed by atoms with van der Waals surface area (Å²) in [5, 5.41) is 3.14. The van der Waals surface area contributed by atoms with Crippen molar-refractivity contribution in [2.45, 2.75) is 0 Å². The number of nitrogen functional groups attached to an aromatic ring is 1. The van der Waals surface area contributed by atoms with Crippen molar-refractivity contribution in [1.29, 1.82) is 0 Å². The van der Waals surface area contributed by atoms with Gasteiger partial charge in [-0.25, -0.2) is 4.98 Å². The molecule has 122 valence electrons. The van der Waals surface area contributed by atoms with E-state index in [-0.39, 0.29) is 5.88 Å². The van der Waals surface area contributed by atoms with Crippen LogP contribution in [0.25, 0.3) is 0 Å². The lowest BCUT2D eigenvalue weighted by Gasteiger charge is -2.13. The lowest BCUT2D eigenvalue weighted by Crippen LogP contribution is -2.03. The van der Waals surface area contributed by atoms with Crippen LogP contribution >= 0.6 is 15.9 Å². The maximum Gasteiger partial charge on any atom is 0.248 e. The number of hydrogen-bond donors (Lipinski definition) is 2. The van der Waals surface area contributed by atoms with Crippen LogP contribution in [-0.2, 0) is 0 Å². The van der Waals surface area contributed by atoms with Gasteiger partial charge < -0.3 is 20.5 Å². The first-order valence-electron chi connectivity index (χ1n) is 7.11. The van der Waals surface area contributed by atoms with Crippen LogP contribution in [0, 0.1) is 0 Å². The Bertz CT molecular complexity index is 840. The number of hydrogen-bond acceptors (Lipinski definition) is 6. The zero-order valence-corrected chi connectivity index (χ0v) is 14.4. The number of nitrogens with one attached hydrogen (secondary N) is 1. The molecule has 0 unspecified atom stereocenters. The third kappa shape index (κ3) is 3.57. The van der Waals surface area contributed by atoms with Gasteiger partial charge in [0.15, 0.2) is 5.82 Å². The molecule has 2 aromatic carbocycles. The van der Waals surface area contributed by atoms with Crippen molar-refractivity contribution in [3.05, 3.63) is 59.3 Å². The van der Waals surface area contributed by atoms with Crippen molar-refractivity contribution >= 4 is 33.1 Å². The van der Waals surface area contributed by atoms with Gasteiger partial charge in [0, 0.05) is 4.47 Å². The molecular weight excluding hydrogens is 372 g/mol. The highest BCUT2D eigenvalue weighted by Crippen LogP contribution is 2.33. The summed E-state index contributed by atoms with van der Waals surface area (Å²) in [6, 6.07) is 14.9. The fourth-order valence-corrected chi connectivity index (χ4v) is 2.31. The Balaban J connectivity index is 1.86. The highest BCUT2D eigenvalue weighted by atomic mass is 79.9. The molecule has 0 saturated heterocycles. The lowest BCUT2D eigenvalue weighted by atomic mass is 10.3. The van der Waals surface area contributed by atoms with E-state index in [1.54, 1.807) is 7.11 Å². The second-order valence-corrected chi connectivity index (χ2v) is 5.74. The first kappa shape index (κ1) is 16.1. The van der Waals surface area contributed by atoms with Gasteiger partial charge in [-0.1, -0.05) is 28.1 Å². The molecule has 7 heteroatoms. The second-order valence-electron chi connectivity index (χ2n) is 4.82. The molecule has 0 aliphatic rings. The van der Waals surface area contributed by atoms with E-state index in [0.717, 1.165) is 10.2 Å². The molecule has 24 heavy (non-hydrogen) atoms. The van der Waals surface area contributed by atoms with E-state index in [9.17, 15) is 0 Å². The number of halogens is 1. The third-order valence-electron chi connectivity index (χ3n) is 3.24. The average Bonchev–Trinajstić information content (AvgIpc) is 2.61. The number of para-hydroxylation sites is 2. The maximum absolute atomic E-state index is 6.14. The Morgan fingerprint density at radius 1 is 1.04 bits per heavy atom. The normalized spacial score (nSPS) is 10.2. The van der Waals surface area contributed by atoms with Gasteiger partial charge in [0.25, 0.3) is 0 Å². The molecule has 0 radical (unpaired) electrons. The molecule has 0 amide bonds. The van der Waals surface area contributed by atoms with E-state index < -0.39 is 0 Å². The maximum atomic E-state index is 6.14. The summed E-state index contributed by atoms with van der Waals surface area (Å²) in [6.45, 7) is 0. The van der Waals surface area contributed by atoms with Gasteiger partial charge in [0.2, 0.25) is 5.88 Å². The number of aromatic nitrogens is 2. The molecule has 6 nitrogen and oxygen atoms in total. The van der Waals surface area contributed by atoms with E-state index in [1.165, 1.54) is 6.33 Å². The van der Waals surface area contributed by atoms with E-state index in [0.29, 0.717) is 23.0 Å². The van der Waals surface area contributed by atoms with Gasteiger partial charge in [-0.2, -0.15) is 4.98 Å². The van der Waals surface area contributed by atoms with Gasteiger partial charge in [0.1, 0.15) is 23.5 Å². The monoisotopic (exact) mass is 386 g/mol. The van der Waals surface area contributed by atoms with Crippen molar-refractivity contribution in [2.75, 3.05) is 18.2 Å². The molecule has 0 aliphatic heterocycles. The van der Waals surface area contributed by atoms with Crippen LogP contribution in [0.5, 0.6) is 17.4 Å². The van der Waals surface area contributed by atoms with Crippen molar-refractivity contribution < 1.29 is 9.47 Å². The molecule has 3 N–H and O–H groups in total. The van der Waals surface area contributed by atoms with Crippen LogP contribution in [0.1, 0.15) is 0 Å². The molecule has 0 spiro atoms. The Morgan fingerprint density at radius 2 is 1.79 bits per heavy atom. The Morgan fingerprint density at radius 3 is 2.54 bits per heavy atom. The standard InChI is InChI=1S/C17H15BrN4O2/c1-23-14-5-3-2-4-13(14)22-16-15(19)17(21-10-20-16)24-12-8-6-11(18)7-9-12/h2-10H,19H2,1H3,(H,20,21,22). The van der Waals surface area contributed by atoms with E-state index in [4.69, 9.17) is 15.2 Å². The van der Waals surface area contributed by atoms with E-state index in [1.807, 2.05) is 48.5 Å². The van der Waals surface area contributed by atoms with Crippen molar-refractivity contribution in [3.8, 4) is 17.4 Å². The molecule has 0 fully saturated rings.